The molecule has 1 unspecified atom stereocenters. The number of carbonyl (C=O) groups is 2. The number of benzene rings is 2. The number of nitrogens with zero attached hydrogens (tertiary/aromatic N) is 2. The molecule has 0 aromatic heterocycles. The van der Waals surface area contributed by atoms with Crippen molar-refractivity contribution in [1.82, 2.24) is 10.2 Å². The van der Waals surface area contributed by atoms with Gasteiger partial charge in [0, 0.05) is 32.0 Å². The van der Waals surface area contributed by atoms with Gasteiger partial charge < -0.3 is 15.0 Å². The maximum Gasteiger partial charge on any atom is 0.227 e. The Hall–Kier alpha value is -2.86. The summed E-state index contributed by atoms with van der Waals surface area (Å²) in [6, 6.07) is 18.1. The third-order valence-electron chi connectivity index (χ3n) is 5.72. The first-order valence-corrected chi connectivity index (χ1v) is 10.8. The lowest BCUT2D eigenvalue weighted by atomic mass is 10.0. The third-order valence-corrected chi connectivity index (χ3v) is 5.72. The molecular formula is C24H29N3O3. The molecule has 0 spiro atoms. The smallest absolute Gasteiger partial charge is 0.227 e. The molecule has 1 fully saturated rings. The van der Waals surface area contributed by atoms with E-state index in [4.69, 9.17) is 4.74 Å². The van der Waals surface area contributed by atoms with Crippen LogP contribution in [0, 0.1) is 0 Å². The number of rotatable bonds is 6. The molecule has 6 heteroatoms. The van der Waals surface area contributed by atoms with Gasteiger partial charge in [0.2, 0.25) is 11.8 Å². The molecule has 0 bridgehead atoms. The molecule has 2 aromatic rings. The number of hydrogen-bond donors (Lipinski definition) is 1. The first-order valence-electron chi connectivity index (χ1n) is 10.8. The lowest BCUT2D eigenvalue weighted by molar-refractivity contribution is -0.126. The van der Waals surface area contributed by atoms with Gasteiger partial charge in [-0.3, -0.25) is 14.5 Å². The van der Waals surface area contributed by atoms with E-state index in [0.717, 1.165) is 43.9 Å². The molecule has 0 aliphatic carbocycles. The molecule has 1 N–H and O–H groups in total. The van der Waals surface area contributed by atoms with Crippen LogP contribution in [0.5, 0.6) is 5.75 Å². The molecule has 2 heterocycles. The third kappa shape index (κ3) is 5.19. The monoisotopic (exact) mass is 407 g/mol. The summed E-state index contributed by atoms with van der Waals surface area (Å²) in [7, 11) is 0. The summed E-state index contributed by atoms with van der Waals surface area (Å²) in [5, 5.41) is 3.14. The quantitative estimate of drug-likeness (QED) is 0.800. The molecule has 1 atom stereocenters. The molecule has 158 valence electrons. The summed E-state index contributed by atoms with van der Waals surface area (Å²) < 4.78 is 5.60. The second kappa shape index (κ2) is 9.76. The molecule has 2 aromatic carbocycles. The van der Waals surface area contributed by atoms with Crippen LogP contribution in [0.15, 0.2) is 54.6 Å². The minimum Gasteiger partial charge on any atom is -0.490 e. The van der Waals surface area contributed by atoms with E-state index in [1.807, 2.05) is 30.3 Å². The van der Waals surface area contributed by atoms with Gasteiger partial charge in [-0.25, -0.2) is 0 Å². The predicted octanol–water partition coefficient (Wildman–Crippen LogP) is 2.97. The van der Waals surface area contributed by atoms with E-state index in [0.29, 0.717) is 13.2 Å². The van der Waals surface area contributed by atoms with Crippen LogP contribution in [-0.2, 0) is 16.1 Å². The molecule has 1 saturated heterocycles. The van der Waals surface area contributed by atoms with Gasteiger partial charge >= 0.3 is 0 Å². The molecular weight excluding hydrogens is 378 g/mol. The van der Waals surface area contributed by atoms with Crippen LogP contribution in [0.25, 0.3) is 0 Å². The van der Waals surface area contributed by atoms with Gasteiger partial charge in [0.15, 0.2) is 0 Å². The van der Waals surface area contributed by atoms with Crippen molar-refractivity contribution in [1.29, 1.82) is 0 Å². The van der Waals surface area contributed by atoms with E-state index in [1.54, 1.807) is 4.90 Å². The average Bonchev–Trinajstić information content (AvgIpc) is 2.78. The zero-order chi connectivity index (χ0) is 20.8. The van der Waals surface area contributed by atoms with E-state index < -0.39 is 0 Å². The Labute approximate surface area is 177 Å². The summed E-state index contributed by atoms with van der Waals surface area (Å²) in [6.07, 6.45) is 2.48. The molecule has 6 nitrogen and oxygen atoms in total. The van der Waals surface area contributed by atoms with Gasteiger partial charge in [-0.2, -0.15) is 0 Å². The predicted molar refractivity (Wildman–Crippen MR) is 116 cm³/mol. The van der Waals surface area contributed by atoms with Crippen molar-refractivity contribution in [2.45, 2.75) is 38.3 Å². The topological polar surface area (TPSA) is 61.9 Å². The van der Waals surface area contributed by atoms with Crippen molar-refractivity contribution >= 4 is 17.5 Å². The maximum absolute atomic E-state index is 12.7. The fraction of sp³-hybridized carbons (Fsp3) is 0.417. The van der Waals surface area contributed by atoms with Gasteiger partial charge in [0.05, 0.1) is 12.2 Å². The summed E-state index contributed by atoms with van der Waals surface area (Å²) in [6.45, 7) is 3.81. The molecule has 2 amide bonds. The summed E-state index contributed by atoms with van der Waals surface area (Å²) >= 11 is 0. The van der Waals surface area contributed by atoms with Crippen molar-refractivity contribution in [2.75, 3.05) is 31.1 Å². The van der Waals surface area contributed by atoms with Crippen LogP contribution in [0.3, 0.4) is 0 Å². The number of para-hydroxylation sites is 2. The van der Waals surface area contributed by atoms with Gasteiger partial charge in [0.1, 0.15) is 12.4 Å². The average molecular weight is 408 g/mol. The number of hydrogen-bond acceptors (Lipinski definition) is 4. The first kappa shape index (κ1) is 20.4. The van der Waals surface area contributed by atoms with E-state index in [9.17, 15) is 9.59 Å². The van der Waals surface area contributed by atoms with Gasteiger partial charge in [-0.1, -0.05) is 42.5 Å². The highest BCUT2D eigenvalue weighted by Crippen LogP contribution is 2.31. The summed E-state index contributed by atoms with van der Waals surface area (Å²) in [5.74, 6) is 0.647. The number of likely N-dealkylation sites (tertiary alicyclic amines) is 1. The standard InChI is InChI=1S/C24H29N3O3/c28-23(12-13-24(29)27-15-16-30-22-11-5-4-10-21(22)27)25-20-9-6-14-26(18-20)17-19-7-2-1-3-8-19/h1-5,7-8,10-11,20H,6,9,12-18H2,(H,25,28). The number of ether oxygens (including phenoxy) is 1. The second-order valence-corrected chi connectivity index (χ2v) is 7.99. The van der Waals surface area contributed by atoms with Crippen LogP contribution in [0.2, 0.25) is 0 Å². The van der Waals surface area contributed by atoms with E-state index in [-0.39, 0.29) is 30.7 Å². The highest BCUT2D eigenvalue weighted by molar-refractivity contribution is 5.97. The van der Waals surface area contributed by atoms with Crippen molar-refractivity contribution in [3.8, 4) is 5.75 Å². The first-order chi connectivity index (χ1) is 14.7. The summed E-state index contributed by atoms with van der Waals surface area (Å²) in [4.78, 5) is 29.3. The lowest BCUT2D eigenvalue weighted by Gasteiger charge is -2.33. The maximum atomic E-state index is 12.7. The van der Waals surface area contributed by atoms with Crippen LogP contribution in [-0.4, -0.2) is 49.0 Å². The van der Waals surface area contributed by atoms with Crippen LogP contribution in [0.1, 0.15) is 31.2 Å². The Balaban J connectivity index is 1.24. The highest BCUT2D eigenvalue weighted by atomic mass is 16.5. The molecule has 30 heavy (non-hydrogen) atoms. The van der Waals surface area contributed by atoms with Crippen molar-refractivity contribution in [3.63, 3.8) is 0 Å². The van der Waals surface area contributed by atoms with Crippen molar-refractivity contribution in [2.24, 2.45) is 0 Å². The van der Waals surface area contributed by atoms with Crippen molar-refractivity contribution < 1.29 is 14.3 Å². The zero-order valence-corrected chi connectivity index (χ0v) is 17.3. The normalized spacial score (nSPS) is 18.9. The minimum absolute atomic E-state index is 0.0322. The van der Waals surface area contributed by atoms with E-state index in [1.165, 1.54) is 5.56 Å². The highest BCUT2D eigenvalue weighted by Gasteiger charge is 2.25. The zero-order valence-electron chi connectivity index (χ0n) is 17.3. The largest absolute Gasteiger partial charge is 0.490 e. The summed E-state index contributed by atoms with van der Waals surface area (Å²) in [5.41, 5.74) is 2.08. The Kier molecular flexibility index (Phi) is 6.64. The number of nitrogens with one attached hydrogen (secondary N) is 1. The van der Waals surface area contributed by atoms with Gasteiger partial charge in [-0.05, 0) is 37.1 Å². The van der Waals surface area contributed by atoms with E-state index in [2.05, 4.69) is 34.5 Å². The second-order valence-electron chi connectivity index (χ2n) is 7.99. The number of amides is 2. The van der Waals surface area contributed by atoms with Gasteiger partial charge in [0.25, 0.3) is 0 Å². The molecule has 0 saturated carbocycles. The molecule has 2 aliphatic rings. The Morgan fingerprint density at radius 3 is 2.67 bits per heavy atom. The molecule has 0 radical (unpaired) electrons. The fourth-order valence-corrected chi connectivity index (χ4v) is 4.24. The van der Waals surface area contributed by atoms with E-state index >= 15 is 0 Å². The Morgan fingerprint density at radius 2 is 1.80 bits per heavy atom. The van der Waals surface area contributed by atoms with Crippen LogP contribution < -0.4 is 15.0 Å². The number of anilines is 1. The van der Waals surface area contributed by atoms with Crippen molar-refractivity contribution in [3.05, 3.63) is 60.2 Å². The number of fused-ring (bicyclic) bond motifs is 1. The fourth-order valence-electron chi connectivity index (χ4n) is 4.24. The molecule has 4 rings (SSSR count). The Morgan fingerprint density at radius 1 is 1.00 bits per heavy atom. The Bertz CT molecular complexity index is 871. The number of carbonyl (C=O) groups excluding carboxylic acids is 2. The van der Waals surface area contributed by atoms with Crippen LogP contribution in [0.4, 0.5) is 5.69 Å². The molecule has 2 aliphatic heterocycles. The SMILES string of the molecule is O=C(CCC(=O)N1CCOc2ccccc21)NC1CCCN(Cc2ccccc2)C1. The van der Waals surface area contributed by atoms with Crippen LogP contribution >= 0.6 is 0 Å². The lowest BCUT2D eigenvalue weighted by Crippen LogP contribution is -2.47. The minimum atomic E-state index is -0.0449. The number of piperidine rings is 1. The van der Waals surface area contributed by atoms with Gasteiger partial charge in [-0.15, -0.1) is 0 Å².